The van der Waals surface area contributed by atoms with Crippen molar-refractivity contribution < 1.29 is 9.84 Å². The summed E-state index contributed by atoms with van der Waals surface area (Å²) in [6, 6.07) is 8.20. The molecule has 0 aliphatic carbocycles. The summed E-state index contributed by atoms with van der Waals surface area (Å²) < 4.78 is 7.81. The number of imidazole rings is 1. The molecule has 4 heteroatoms. The monoisotopic (exact) mass is 302 g/mol. The third-order valence-corrected chi connectivity index (χ3v) is 3.85. The van der Waals surface area contributed by atoms with Gasteiger partial charge >= 0.3 is 0 Å². The second-order valence-corrected chi connectivity index (χ2v) is 6.73. The molecule has 120 valence electrons. The lowest BCUT2D eigenvalue weighted by Crippen LogP contribution is -2.22. The van der Waals surface area contributed by atoms with E-state index in [1.165, 1.54) is 5.56 Å². The van der Waals surface area contributed by atoms with Crippen LogP contribution in [-0.4, -0.2) is 27.4 Å². The molecule has 0 fully saturated rings. The molecule has 0 saturated heterocycles. The Balaban J connectivity index is 1.95. The summed E-state index contributed by atoms with van der Waals surface area (Å²) in [5, 5.41) is 9.93. The van der Waals surface area contributed by atoms with Crippen LogP contribution in [0, 0.1) is 0 Å². The number of nitrogens with zero attached hydrogens (tertiary/aromatic N) is 2. The van der Waals surface area contributed by atoms with E-state index >= 15 is 0 Å². The minimum absolute atomic E-state index is 0.0201. The van der Waals surface area contributed by atoms with Crippen LogP contribution in [0.15, 0.2) is 43.0 Å². The van der Waals surface area contributed by atoms with Gasteiger partial charge < -0.3 is 14.4 Å². The van der Waals surface area contributed by atoms with Crippen molar-refractivity contribution in [3.8, 4) is 5.75 Å². The van der Waals surface area contributed by atoms with Gasteiger partial charge in [0.1, 0.15) is 5.75 Å². The van der Waals surface area contributed by atoms with Crippen LogP contribution in [0.2, 0.25) is 0 Å². The summed E-state index contributed by atoms with van der Waals surface area (Å²) in [7, 11) is 0. The molecule has 1 N–H and O–H groups in total. The van der Waals surface area contributed by atoms with Gasteiger partial charge in [0.15, 0.2) is 0 Å². The molecule has 0 bridgehead atoms. The van der Waals surface area contributed by atoms with Gasteiger partial charge in [-0.15, -0.1) is 0 Å². The van der Waals surface area contributed by atoms with Crippen molar-refractivity contribution in [1.29, 1.82) is 0 Å². The normalized spacial score (nSPS) is 14.6. The van der Waals surface area contributed by atoms with Crippen LogP contribution in [0.4, 0.5) is 0 Å². The van der Waals surface area contributed by atoms with Gasteiger partial charge in [-0.1, -0.05) is 32.9 Å². The van der Waals surface area contributed by atoms with Crippen LogP contribution in [0.3, 0.4) is 0 Å². The van der Waals surface area contributed by atoms with Crippen molar-refractivity contribution in [1.82, 2.24) is 9.55 Å². The summed E-state index contributed by atoms with van der Waals surface area (Å²) in [6.07, 6.45) is 5.62. The molecule has 2 rings (SSSR count). The molecule has 22 heavy (non-hydrogen) atoms. The number of hydrogen-bond acceptors (Lipinski definition) is 3. The quantitative estimate of drug-likeness (QED) is 0.887. The maximum atomic E-state index is 9.93. The Hall–Kier alpha value is -1.81. The third-order valence-electron chi connectivity index (χ3n) is 3.85. The van der Waals surface area contributed by atoms with E-state index in [2.05, 4.69) is 37.9 Å². The first kappa shape index (κ1) is 16.6. The predicted molar refractivity (Wildman–Crippen MR) is 88.2 cm³/mol. The zero-order valence-corrected chi connectivity index (χ0v) is 13.9. The van der Waals surface area contributed by atoms with Gasteiger partial charge in [0.25, 0.3) is 0 Å². The Labute approximate surface area is 132 Å². The largest absolute Gasteiger partial charge is 0.494 e. The van der Waals surface area contributed by atoms with Crippen LogP contribution in [0.25, 0.3) is 0 Å². The Morgan fingerprint density at radius 1 is 1.32 bits per heavy atom. The van der Waals surface area contributed by atoms with Crippen molar-refractivity contribution in [2.24, 2.45) is 0 Å². The molecule has 1 aromatic heterocycles. The van der Waals surface area contributed by atoms with Gasteiger partial charge in [0, 0.05) is 18.8 Å². The second kappa shape index (κ2) is 6.97. The van der Waals surface area contributed by atoms with E-state index in [4.69, 9.17) is 4.74 Å². The van der Waals surface area contributed by atoms with Crippen molar-refractivity contribution in [3.05, 3.63) is 48.5 Å². The fourth-order valence-electron chi connectivity index (χ4n) is 2.45. The smallest absolute Gasteiger partial charge is 0.119 e. The average Bonchev–Trinajstić information content (AvgIpc) is 2.96. The Kier molecular flexibility index (Phi) is 5.24. The first-order chi connectivity index (χ1) is 10.4. The summed E-state index contributed by atoms with van der Waals surface area (Å²) in [5.74, 6) is 0.877. The maximum Gasteiger partial charge on any atom is 0.119 e. The molecule has 1 aromatic carbocycles. The molecule has 0 aliphatic heterocycles. The van der Waals surface area contributed by atoms with Gasteiger partial charge in [-0.25, -0.2) is 4.98 Å². The van der Waals surface area contributed by atoms with Crippen LogP contribution in [0.5, 0.6) is 5.75 Å². The van der Waals surface area contributed by atoms with Crippen molar-refractivity contribution >= 4 is 0 Å². The van der Waals surface area contributed by atoms with Gasteiger partial charge in [-0.2, -0.15) is 0 Å². The molecule has 2 aromatic rings. The number of aliphatic hydroxyl groups is 1. The number of ether oxygens (including phenoxy) is 1. The zero-order chi connectivity index (χ0) is 16.2. The van der Waals surface area contributed by atoms with E-state index in [-0.39, 0.29) is 11.5 Å². The molecule has 1 heterocycles. The van der Waals surface area contributed by atoms with Crippen LogP contribution >= 0.6 is 0 Å². The fourth-order valence-corrected chi connectivity index (χ4v) is 2.45. The standard InChI is InChI=1S/C18H26N2O2/c1-14(21)17(20-10-9-19-13-20)8-11-22-16-7-5-6-15(12-16)18(2,3)4/h5-7,9-10,12-14,17,21H,8,11H2,1-4H3/t14-,17+/m0/s1. The Morgan fingerprint density at radius 2 is 2.09 bits per heavy atom. The number of rotatable bonds is 6. The summed E-state index contributed by atoms with van der Waals surface area (Å²) in [6.45, 7) is 8.92. The summed E-state index contributed by atoms with van der Waals surface area (Å²) in [4.78, 5) is 4.04. The lowest BCUT2D eigenvalue weighted by atomic mass is 9.87. The molecular formula is C18H26N2O2. The second-order valence-electron chi connectivity index (χ2n) is 6.73. The van der Waals surface area contributed by atoms with E-state index in [1.54, 1.807) is 19.4 Å². The highest BCUT2D eigenvalue weighted by Crippen LogP contribution is 2.26. The molecule has 4 nitrogen and oxygen atoms in total. The topological polar surface area (TPSA) is 47.3 Å². The SMILES string of the molecule is C[C@H](O)[C@@H](CCOc1cccc(C(C)(C)C)c1)n1ccnc1. The van der Waals surface area contributed by atoms with Crippen molar-refractivity contribution in [2.45, 2.75) is 51.7 Å². The van der Waals surface area contributed by atoms with Crippen molar-refractivity contribution in [3.63, 3.8) is 0 Å². The van der Waals surface area contributed by atoms with Gasteiger partial charge in [-0.05, 0) is 30.0 Å². The zero-order valence-electron chi connectivity index (χ0n) is 13.9. The molecule has 0 aliphatic rings. The van der Waals surface area contributed by atoms with Crippen LogP contribution < -0.4 is 4.74 Å². The highest BCUT2D eigenvalue weighted by Gasteiger charge is 2.17. The van der Waals surface area contributed by atoms with Crippen LogP contribution in [-0.2, 0) is 5.41 Å². The Bertz CT molecular complexity index is 571. The minimum Gasteiger partial charge on any atom is -0.494 e. The van der Waals surface area contributed by atoms with Gasteiger partial charge in [0.2, 0.25) is 0 Å². The Morgan fingerprint density at radius 3 is 2.68 bits per heavy atom. The van der Waals surface area contributed by atoms with E-state index in [1.807, 2.05) is 22.9 Å². The number of benzene rings is 1. The highest BCUT2D eigenvalue weighted by atomic mass is 16.5. The van der Waals surface area contributed by atoms with E-state index in [0.29, 0.717) is 6.61 Å². The van der Waals surface area contributed by atoms with Crippen molar-refractivity contribution in [2.75, 3.05) is 6.61 Å². The molecule has 0 saturated carbocycles. The number of aliphatic hydroxyl groups excluding tert-OH is 1. The predicted octanol–water partition coefficient (Wildman–Crippen LogP) is 3.57. The summed E-state index contributed by atoms with van der Waals surface area (Å²) in [5.41, 5.74) is 1.37. The first-order valence-corrected chi connectivity index (χ1v) is 7.77. The summed E-state index contributed by atoms with van der Waals surface area (Å²) >= 11 is 0. The number of hydrogen-bond donors (Lipinski definition) is 1. The van der Waals surface area contributed by atoms with Gasteiger partial charge in [-0.3, -0.25) is 0 Å². The highest BCUT2D eigenvalue weighted by molar-refractivity contribution is 5.32. The lowest BCUT2D eigenvalue weighted by Gasteiger charge is -2.22. The third kappa shape index (κ3) is 4.34. The lowest BCUT2D eigenvalue weighted by molar-refractivity contribution is 0.113. The van der Waals surface area contributed by atoms with E-state index < -0.39 is 6.10 Å². The molecule has 0 radical (unpaired) electrons. The molecule has 0 spiro atoms. The first-order valence-electron chi connectivity index (χ1n) is 7.77. The molecule has 0 unspecified atom stereocenters. The van der Waals surface area contributed by atoms with Gasteiger partial charge in [0.05, 0.1) is 25.1 Å². The van der Waals surface area contributed by atoms with E-state index in [9.17, 15) is 5.11 Å². The molecular weight excluding hydrogens is 276 g/mol. The molecule has 2 atom stereocenters. The fraction of sp³-hybridized carbons (Fsp3) is 0.500. The average molecular weight is 302 g/mol. The number of aromatic nitrogens is 2. The molecule has 0 amide bonds. The minimum atomic E-state index is -0.446. The maximum absolute atomic E-state index is 9.93. The van der Waals surface area contributed by atoms with E-state index in [0.717, 1.165) is 12.2 Å². The van der Waals surface area contributed by atoms with Crippen LogP contribution in [0.1, 0.15) is 45.7 Å².